The fraction of sp³-hybridized carbons (Fsp3) is 0.417. The molecule has 0 saturated carbocycles. The van der Waals surface area contributed by atoms with E-state index in [1.54, 1.807) is 11.3 Å². The van der Waals surface area contributed by atoms with E-state index in [0.29, 0.717) is 5.25 Å². The maximum Gasteiger partial charge on any atom is 0.186 e. The summed E-state index contributed by atoms with van der Waals surface area (Å²) in [5.41, 5.74) is 7.67. The van der Waals surface area contributed by atoms with Crippen molar-refractivity contribution in [3.8, 4) is 0 Å². The lowest BCUT2D eigenvalue weighted by Gasteiger charge is -2.30. The van der Waals surface area contributed by atoms with Crippen LogP contribution in [-0.2, 0) is 0 Å². The van der Waals surface area contributed by atoms with Gasteiger partial charge in [-0.1, -0.05) is 18.3 Å². The first-order chi connectivity index (χ1) is 8.22. The predicted molar refractivity (Wildman–Crippen MR) is 78.2 cm³/mol. The monoisotopic (exact) mass is 265 g/mol. The summed E-state index contributed by atoms with van der Waals surface area (Å²) in [6, 6.07) is 5.94. The first kappa shape index (κ1) is 11.2. The molecule has 1 fully saturated rings. The normalized spacial score (nSPS) is 21.0. The first-order valence-corrected chi connectivity index (χ1v) is 7.61. The number of hydrogen-bond donors (Lipinski definition) is 1. The van der Waals surface area contributed by atoms with Gasteiger partial charge >= 0.3 is 0 Å². The Kier molecular flexibility index (Phi) is 2.88. The second-order valence-corrected chi connectivity index (χ2v) is 6.91. The summed E-state index contributed by atoms with van der Waals surface area (Å²) in [5.74, 6) is 1.19. The van der Waals surface area contributed by atoms with Crippen LogP contribution in [0, 0.1) is 0 Å². The van der Waals surface area contributed by atoms with Gasteiger partial charge in [0, 0.05) is 29.8 Å². The predicted octanol–water partition coefficient (Wildman–Crippen LogP) is 2.82. The number of nitrogens with zero attached hydrogens (tertiary/aromatic N) is 2. The van der Waals surface area contributed by atoms with E-state index in [1.165, 1.54) is 10.5 Å². The minimum Gasteiger partial charge on any atom is -0.399 e. The van der Waals surface area contributed by atoms with E-state index in [9.17, 15) is 0 Å². The van der Waals surface area contributed by atoms with Crippen LogP contribution in [0.15, 0.2) is 18.2 Å². The second-order valence-electron chi connectivity index (χ2n) is 4.35. The Morgan fingerprint density at radius 2 is 2.35 bits per heavy atom. The molecule has 1 saturated heterocycles. The molecule has 2 heterocycles. The third-order valence-corrected chi connectivity index (χ3v) is 5.13. The molecule has 3 rings (SSSR count). The number of rotatable bonds is 1. The number of thioether (sulfide) groups is 1. The minimum atomic E-state index is 0.695. The highest BCUT2D eigenvalue weighted by molar-refractivity contribution is 8.00. The van der Waals surface area contributed by atoms with Gasteiger partial charge in [0.15, 0.2) is 5.13 Å². The zero-order valence-corrected chi connectivity index (χ0v) is 11.4. The van der Waals surface area contributed by atoms with Crippen LogP contribution in [0.4, 0.5) is 10.8 Å². The van der Waals surface area contributed by atoms with Gasteiger partial charge in [-0.2, -0.15) is 11.8 Å². The molecule has 1 aliphatic rings. The van der Waals surface area contributed by atoms with Crippen LogP contribution in [0.1, 0.15) is 6.92 Å². The van der Waals surface area contributed by atoms with Crippen molar-refractivity contribution in [2.75, 3.05) is 29.5 Å². The van der Waals surface area contributed by atoms with Crippen LogP contribution in [0.3, 0.4) is 0 Å². The number of aromatic nitrogens is 1. The Morgan fingerprint density at radius 3 is 3.18 bits per heavy atom. The van der Waals surface area contributed by atoms with Crippen LogP contribution >= 0.6 is 23.1 Å². The highest BCUT2D eigenvalue weighted by Gasteiger charge is 2.19. The Morgan fingerprint density at radius 1 is 1.47 bits per heavy atom. The molecule has 0 radical (unpaired) electrons. The molecule has 1 atom stereocenters. The minimum absolute atomic E-state index is 0.695. The molecule has 1 aromatic heterocycles. The Labute approximate surface area is 109 Å². The topological polar surface area (TPSA) is 42.2 Å². The van der Waals surface area contributed by atoms with Crippen LogP contribution in [0.2, 0.25) is 0 Å². The van der Waals surface area contributed by atoms with Crippen molar-refractivity contribution in [3.05, 3.63) is 18.2 Å². The molecule has 0 bridgehead atoms. The molecule has 3 nitrogen and oxygen atoms in total. The lowest BCUT2D eigenvalue weighted by molar-refractivity contribution is 0.780. The third kappa shape index (κ3) is 2.21. The van der Waals surface area contributed by atoms with Gasteiger partial charge in [0.2, 0.25) is 0 Å². The summed E-state index contributed by atoms with van der Waals surface area (Å²) in [4.78, 5) is 7.08. The molecule has 2 N–H and O–H groups in total. The molecular weight excluding hydrogens is 250 g/mol. The van der Waals surface area contributed by atoms with E-state index in [-0.39, 0.29) is 0 Å². The molecule has 0 spiro atoms. The van der Waals surface area contributed by atoms with Crippen molar-refractivity contribution in [2.24, 2.45) is 0 Å². The number of nitrogens with two attached hydrogens (primary N) is 1. The van der Waals surface area contributed by atoms with Gasteiger partial charge in [-0.15, -0.1) is 0 Å². The van der Waals surface area contributed by atoms with Crippen molar-refractivity contribution >= 4 is 44.1 Å². The largest absolute Gasteiger partial charge is 0.399 e. The number of fused-ring (bicyclic) bond motifs is 1. The molecule has 0 aliphatic carbocycles. The van der Waals surface area contributed by atoms with E-state index in [1.807, 2.05) is 30.0 Å². The highest BCUT2D eigenvalue weighted by atomic mass is 32.2. The molecule has 1 aliphatic heterocycles. The molecule has 1 unspecified atom stereocenters. The summed E-state index contributed by atoms with van der Waals surface area (Å²) in [6.45, 7) is 4.48. The van der Waals surface area contributed by atoms with E-state index in [0.717, 1.165) is 29.4 Å². The van der Waals surface area contributed by atoms with E-state index < -0.39 is 0 Å². The Bertz CT molecular complexity index is 538. The SMILES string of the molecule is CC1CN(c2nc3ccc(N)cc3s2)CCS1. The smallest absolute Gasteiger partial charge is 0.186 e. The van der Waals surface area contributed by atoms with Gasteiger partial charge in [0.25, 0.3) is 0 Å². The van der Waals surface area contributed by atoms with E-state index in [2.05, 4.69) is 11.8 Å². The highest BCUT2D eigenvalue weighted by Crippen LogP contribution is 2.32. The van der Waals surface area contributed by atoms with Crippen molar-refractivity contribution < 1.29 is 0 Å². The van der Waals surface area contributed by atoms with Gasteiger partial charge < -0.3 is 10.6 Å². The first-order valence-electron chi connectivity index (χ1n) is 5.75. The van der Waals surface area contributed by atoms with Gasteiger partial charge in [0.05, 0.1) is 10.2 Å². The van der Waals surface area contributed by atoms with Crippen LogP contribution in [0.25, 0.3) is 10.2 Å². The van der Waals surface area contributed by atoms with Crippen LogP contribution in [0.5, 0.6) is 0 Å². The van der Waals surface area contributed by atoms with E-state index >= 15 is 0 Å². The van der Waals surface area contributed by atoms with Crippen molar-refractivity contribution in [3.63, 3.8) is 0 Å². The molecule has 0 amide bonds. The molecular formula is C12H15N3S2. The number of anilines is 2. The average Bonchev–Trinajstić information content (AvgIpc) is 2.72. The zero-order chi connectivity index (χ0) is 11.8. The average molecular weight is 265 g/mol. The number of hydrogen-bond acceptors (Lipinski definition) is 5. The summed E-state index contributed by atoms with van der Waals surface area (Å²) >= 11 is 3.79. The molecule has 5 heteroatoms. The Balaban J connectivity index is 1.94. The lowest BCUT2D eigenvalue weighted by atomic mass is 10.3. The van der Waals surface area contributed by atoms with Crippen molar-refractivity contribution in [2.45, 2.75) is 12.2 Å². The number of benzene rings is 1. The van der Waals surface area contributed by atoms with E-state index in [4.69, 9.17) is 10.7 Å². The maximum absolute atomic E-state index is 5.80. The Hall–Kier alpha value is -0.940. The van der Waals surface area contributed by atoms with Gasteiger partial charge in [0.1, 0.15) is 0 Å². The van der Waals surface area contributed by atoms with Gasteiger partial charge in [-0.05, 0) is 18.2 Å². The summed E-state index contributed by atoms with van der Waals surface area (Å²) in [6.07, 6.45) is 0. The van der Waals surface area contributed by atoms with Crippen LogP contribution < -0.4 is 10.6 Å². The standard InChI is InChI=1S/C12H15N3S2/c1-8-7-15(4-5-16-8)12-14-10-3-2-9(13)6-11(10)17-12/h2-3,6,8H,4-5,7,13H2,1H3. The summed E-state index contributed by atoms with van der Waals surface area (Å²) in [7, 11) is 0. The van der Waals surface area contributed by atoms with Crippen LogP contribution in [-0.4, -0.2) is 29.1 Å². The second kappa shape index (κ2) is 4.38. The lowest BCUT2D eigenvalue weighted by Crippen LogP contribution is -2.36. The molecule has 90 valence electrons. The quantitative estimate of drug-likeness (QED) is 0.805. The fourth-order valence-electron chi connectivity index (χ4n) is 2.06. The maximum atomic E-state index is 5.80. The molecule has 2 aromatic rings. The van der Waals surface area contributed by atoms with Gasteiger partial charge in [-0.25, -0.2) is 4.98 Å². The fourth-order valence-corrected chi connectivity index (χ4v) is 4.12. The summed E-state index contributed by atoms with van der Waals surface area (Å²) in [5, 5.41) is 1.83. The zero-order valence-electron chi connectivity index (χ0n) is 9.72. The van der Waals surface area contributed by atoms with Crippen molar-refractivity contribution in [1.82, 2.24) is 4.98 Å². The molecule has 1 aromatic carbocycles. The summed E-state index contributed by atoms with van der Waals surface area (Å²) < 4.78 is 1.19. The molecule has 17 heavy (non-hydrogen) atoms. The van der Waals surface area contributed by atoms with Crippen molar-refractivity contribution in [1.29, 1.82) is 0 Å². The van der Waals surface area contributed by atoms with Gasteiger partial charge in [-0.3, -0.25) is 0 Å². The third-order valence-electron chi connectivity index (χ3n) is 2.91. The number of nitrogen functional groups attached to an aromatic ring is 1. The number of thiazole rings is 1.